The van der Waals surface area contributed by atoms with Crippen LogP contribution in [0.3, 0.4) is 0 Å². The second-order valence-corrected chi connectivity index (χ2v) is 6.22. The van der Waals surface area contributed by atoms with Crippen molar-refractivity contribution in [3.05, 3.63) is 62.6 Å². The Morgan fingerprint density at radius 1 is 1.15 bits per heavy atom. The minimum Gasteiger partial charge on any atom is -0.496 e. The average molecular weight is 356 g/mol. The van der Waals surface area contributed by atoms with Crippen molar-refractivity contribution in [1.29, 1.82) is 0 Å². The van der Waals surface area contributed by atoms with E-state index in [1.807, 2.05) is 37.3 Å². The molecule has 2 aromatic rings. The molecule has 1 unspecified atom stereocenters. The summed E-state index contributed by atoms with van der Waals surface area (Å²) >= 11 is 9.64. The average Bonchev–Trinajstić information content (AvgIpc) is 2.38. The third-order valence-corrected chi connectivity index (χ3v) is 4.14. The Labute approximate surface area is 132 Å². The summed E-state index contributed by atoms with van der Waals surface area (Å²) in [5, 5.41) is 11.5. The Bertz CT molecular complexity index is 638. The molecule has 0 aromatic heterocycles. The molecule has 4 heteroatoms. The van der Waals surface area contributed by atoms with Gasteiger partial charge in [-0.1, -0.05) is 45.2 Å². The van der Waals surface area contributed by atoms with E-state index in [0.29, 0.717) is 21.9 Å². The van der Waals surface area contributed by atoms with Crippen molar-refractivity contribution >= 4 is 27.5 Å². The van der Waals surface area contributed by atoms with E-state index < -0.39 is 5.60 Å². The van der Waals surface area contributed by atoms with E-state index in [4.69, 9.17) is 16.3 Å². The van der Waals surface area contributed by atoms with Crippen LogP contribution in [-0.2, 0) is 5.60 Å². The van der Waals surface area contributed by atoms with E-state index in [0.717, 1.165) is 10.0 Å². The maximum absolute atomic E-state index is 11.0. The zero-order valence-electron chi connectivity index (χ0n) is 11.6. The molecule has 0 saturated carbocycles. The Balaban J connectivity index is 2.62. The molecule has 0 aliphatic rings. The molecule has 20 heavy (non-hydrogen) atoms. The largest absolute Gasteiger partial charge is 0.496 e. The number of aliphatic hydroxyl groups is 1. The van der Waals surface area contributed by atoms with Crippen LogP contribution in [0, 0.1) is 6.92 Å². The summed E-state index contributed by atoms with van der Waals surface area (Å²) in [6.45, 7) is 3.70. The van der Waals surface area contributed by atoms with E-state index in [-0.39, 0.29) is 0 Å². The van der Waals surface area contributed by atoms with Crippen molar-refractivity contribution in [3.8, 4) is 5.75 Å². The molecule has 0 amide bonds. The van der Waals surface area contributed by atoms with Gasteiger partial charge in [0.25, 0.3) is 0 Å². The molecular formula is C16H16BrClO2. The van der Waals surface area contributed by atoms with Crippen LogP contribution in [0.2, 0.25) is 5.02 Å². The second kappa shape index (κ2) is 5.76. The molecule has 106 valence electrons. The first kappa shape index (κ1) is 15.4. The summed E-state index contributed by atoms with van der Waals surface area (Å²) in [4.78, 5) is 0. The summed E-state index contributed by atoms with van der Waals surface area (Å²) in [7, 11) is 1.59. The monoisotopic (exact) mass is 354 g/mol. The van der Waals surface area contributed by atoms with Gasteiger partial charge in [-0.05, 0) is 38.1 Å². The van der Waals surface area contributed by atoms with Gasteiger partial charge in [0.15, 0.2) is 0 Å². The predicted molar refractivity (Wildman–Crippen MR) is 85.6 cm³/mol. The van der Waals surface area contributed by atoms with Crippen LogP contribution in [0.25, 0.3) is 0 Å². The van der Waals surface area contributed by atoms with Crippen LogP contribution < -0.4 is 4.74 Å². The lowest BCUT2D eigenvalue weighted by Gasteiger charge is -2.27. The molecule has 0 radical (unpaired) electrons. The number of ether oxygens (including phenoxy) is 1. The van der Waals surface area contributed by atoms with Gasteiger partial charge in [0.05, 0.1) is 7.11 Å². The Kier molecular flexibility index (Phi) is 4.43. The summed E-state index contributed by atoms with van der Waals surface area (Å²) in [5.41, 5.74) is 1.17. The highest BCUT2D eigenvalue weighted by molar-refractivity contribution is 9.10. The fraction of sp³-hybridized carbons (Fsp3) is 0.250. The molecule has 2 aromatic carbocycles. The quantitative estimate of drug-likeness (QED) is 0.866. The molecule has 1 N–H and O–H groups in total. The smallest absolute Gasteiger partial charge is 0.125 e. The topological polar surface area (TPSA) is 29.5 Å². The molecule has 1 atom stereocenters. The highest BCUT2D eigenvalue weighted by Gasteiger charge is 2.31. The molecular weight excluding hydrogens is 340 g/mol. The van der Waals surface area contributed by atoms with Crippen LogP contribution in [0.5, 0.6) is 5.75 Å². The van der Waals surface area contributed by atoms with Crippen molar-refractivity contribution in [3.63, 3.8) is 0 Å². The van der Waals surface area contributed by atoms with Crippen molar-refractivity contribution in [2.45, 2.75) is 19.4 Å². The van der Waals surface area contributed by atoms with Gasteiger partial charge in [0.2, 0.25) is 0 Å². The summed E-state index contributed by atoms with van der Waals surface area (Å²) in [6.07, 6.45) is 0. The van der Waals surface area contributed by atoms with Gasteiger partial charge in [0, 0.05) is 20.6 Å². The van der Waals surface area contributed by atoms with Crippen LogP contribution in [0.4, 0.5) is 0 Å². The number of rotatable bonds is 3. The number of benzene rings is 2. The SMILES string of the molecule is COc1ccc(C)cc1C(C)(O)c1ccc(Br)cc1Cl. The maximum atomic E-state index is 11.0. The molecule has 0 aliphatic carbocycles. The van der Waals surface area contributed by atoms with Crippen molar-refractivity contribution in [2.24, 2.45) is 0 Å². The molecule has 0 spiro atoms. The molecule has 0 heterocycles. The first-order valence-electron chi connectivity index (χ1n) is 6.19. The van der Waals surface area contributed by atoms with Crippen LogP contribution in [0.1, 0.15) is 23.6 Å². The predicted octanol–water partition coefficient (Wildman–Crippen LogP) is 4.68. The summed E-state index contributed by atoms with van der Waals surface area (Å²) in [5.74, 6) is 0.639. The van der Waals surface area contributed by atoms with E-state index in [1.165, 1.54) is 0 Å². The minimum atomic E-state index is -1.23. The van der Waals surface area contributed by atoms with E-state index >= 15 is 0 Å². The molecule has 0 saturated heterocycles. The Morgan fingerprint density at radius 3 is 2.45 bits per heavy atom. The number of halogens is 2. The van der Waals surface area contributed by atoms with Crippen molar-refractivity contribution in [2.75, 3.05) is 7.11 Å². The summed E-state index contributed by atoms with van der Waals surface area (Å²) in [6, 6.07) is 11.2. The maximum Gasteiger partial charge on any atom is 0.125 e. The number of aryl methyl sites for hydroxylation is 1. The van der Waals surface area contributed by atoms with Gasteiger partial charge in [-0.2, -0.15) is 0 Å². The number of hydrogen-bond donors (Lipinski definition) is 1. The van der Waals surface area contributed by atoms with E-state index in [2.05, 4.69) is 15.9 Å². The van der Waals surface area contributed by atoms with Gasteiger partial charge < -0.3 is 9.84 Å². The highest BCUT2D eigenvalue weighted by Crippen LogP contribution is 2.39. The minimum absolute atomic E-state index is 0.507. The van der Waals surface area contributed by atoms with Gasteiger partial charge in [-0.25, -0.2) is 0 Å². The van der Waals surface area contributed by atoms with Crippen LogP contribution in [-0.4, -0.2) is 12.2 Å². The molecule has 2 rings (SSSR count). The lowest BCUT2D eigenvalue weighted by atomic mass is 9.86. The fourth-order valence-electron chi connectivity index (χ4n) is 2.23. The third kappa shape index (κ3) is 2.85. The Morgan fingerprint density at radius 2 is 1.85 bits per heavy atom. The summed E-state index contributed by atoms with van der Waals surface area (Å²) < 4.78 is 6.23. The van der Waals surface area contributed by atoms with Crippen molar-refractivity contribution < 1.29 is 9.84 Å². The zero-order valence-corrected chi connectivity index (χ0v) is 13.9. The van der Waals surface area contributed by atoms with E-state index in [1.54, 1.807) is 20.1 Å². The molecule has 0 fully saturated rings. The molecule has 2 nitrogen and oxygen atoms in total. The normalized spacial score (nSPS) is 13.9. The standard InChI is InChI=1S/C16H16BrClO2/c1-10-4-7-15(20-3)13(8-10)16(2,19)12-6-5-11(17)9-14(12)18/h4-9,19H,1-3H3. The van der Waals surface area contributed by atoms with Gasteiger partial charge >= 0.3 is 0 Å². The first-order valence-corrected chi connectivity index (χ1v) is 7.36. The fourth-order valence-corrected chi connectivity index (χ4v) is 3.09. The first-order chi connectivity index (χ1) is 9.36. The third-order valence-electron chi connectivity index (χ3n) is 3.34. The molecule has 0 bridgehead atoms. The van der Waals surface area contributed by atoms with Gasteiger partial charge in [0.1, 0.15) is 11.4 Å². The lowest BCUT2D eigenvalue weighted by molar-refractivity contribution is 0.0990. The van der Waals surface area contributed by atoms with Gasteiger partial charge in [-0.15, -0.1) is 0 Å². The van der Waals surface area contributed by atoms with E-state index in [9.17, 15) is 5.11 Å². The number of methoxy groups -OCH3 is 1. The zero-order chi connectivity index (χ0) is 14.9. The van der Waals surface area contributed by atoms with Crippen molar-refractivity contribution in [1.82, 2.24) is 0 Å². The lowest BCUT2D eigenvalue weighted by Crippen LogP contribution is -2.24. The highest BCUT2D eigenvalue weighted by atomic mass is 79.9. The van der Waals surface area contributed by atoms with Gasteiger partial charge in [-0.3, -0.25) is 0 Å². The van der Waals surface area contributed by atoms with Crippen LogP contribution in [0.15, 0.2) is 40.9 Å². The number of hydrogen-bond acceptors (Lipinski definition) is 2. The molecule has 0 aliphatic heterocycles. The Hall–Kier alpha value is -1.03. The van der Waals surface area contributed by atoms with Crippen LogP contribution >= 0.6 is 27.5 Å². The second-order valence-electron chi connectivity index (χ2n) is 4.90.